The van der Waals surface area contributed by atoms with Crippen molar-refractivity contribution in [1.82, 2.24) is 14.7 Å². The zero-order chi connectivity index (χ0) is 17.0. The van der Waals surface area contributed by atoms with Crippen LogP contribution in [0.1, 0.15) is 18.4 Å². The predicted molar refractivity (Wildman–Crippen MR) is 86.3 cm³/mol. The number of hydrogen-bond acceptors (Lipinski definition) is 2. The van der Waals surface area contributed by atoms with Gasteiger partial charge in [0.15, 0.2) is 0 Å². The van der Waals surface area contributed by atoms with Crippen LogP contribution in [0.4, 0.5) is 9.18 Å². The Morgan fingerprint density at radius 3 is 2.43 bits per heavy atom. The van der Waals surface area contributed by atoms with E-state index in [4.69, 9.17) is 0 Å². The zero-order valence-corrected chi connectivity index (χ0v) is 14.0. The van der Waals surface area contributed by atoms with Crippen LogP contribution in [0.25, 0.3) is 0 Å². The topological polar surface area (TPSA) is 43.9 Å². The first-order valence-electron chi connectivity index (χ1n) is 7.84. The second-order valence-electron chi connectivity index (χ2n) is 6.26. The molecule has 1 aliphatic rings. The lowest BCUT2D eigenvalue weighted by atomic mass is 9.95. The minimum absolute atomic E-state index is 0.0102. The van der Waals surface area contributed by atoms with Gasteiger partial charge in [-0.05, 0) is 30.5 Å². The summed E-state index contributed by atoms with van der Waals surface area (Å²) >= 11 is 0. The molecule has 3 amide bonds. The van der Waals surface area contributed by atoms with Gasteiger partial charge in [-0.3, -0.25) is 4.79 Å². The molecule has 0 bridgehead atoms. The van der Waals surface area contributed by atoms with E-state index in [2.05, 4.69) is 0 Å². The van der Waals surface area contributed by atoms with E-state index >= 15 is 0 Å². The van der Waals surface area contributed by atoms with E-state index in [9.17, 15) is 14.0 Å². The van der Waals surface area contributed by atoms with Crippen LogP contribution >= 0.6 is 0 Å². The summed E-state index contributed by atoms with van der Waals surface area (Å²) in [7, 11) is 5.20. The summed E-state index contributed by atoms with van der Waals surface area (Å²) < 4.78 is 13.2. The van der Waals surface area contributed by atoms with Gasteiger partial charge in [-0.15, -0.1) is 0 Å². The van der Waals surface area contributed by atoms with Crippen LogP contribution in [0.3, 0.4) is 0 Å². The molecule has 0 atom stereocenters. The molecule has 0 unspecified atom stereocenters. The first kappa shape index (κ1) is 17.2. The Labute approximate surface area is 136 Å². The average molecular weight is 321 g/mol. The van der Waals surface area contributed by atoms with Crippen molar-refractivity contribution in [2.75, 3.05) is 34.2 Å². The molecule has 1 aromatic carbocycles. The van der Waals surface area contributed by atoms with Crippen molar-refractivity contribution in [3.05, 3.63) is 35.6 Å². The van der Waals surface area contributed by atoms with Crippen LogP contribution < -0.4 is 0 Å². The maximum Gasteiger partial charge on any atom is 0.319 e. The molecule has 0 aliphatic carbocycles. The summed E-state index contributed by atoms with van der Waals surface area (Å²) in [6.07, 6.45) is 1.35. The van der Waals surface area contributed by atoms with E-state index in [1.165, 1.54) is 12.1 Å². The molecule has 1 heterocycles. The van der Waals surface area contributed by atoms with E-state index in [1.807, 2.05) is 6.07 Å². The highest BCUT2D eigenvalue weighted by atomic mass is 19.1. The molecule has 0 saturated carbocycles. The first-order chi connectivity index (χ1) is 10.9. The molecule has 23 heavy (non-hydrogen) atoms. The van der Waals surface area contributed by atoms with Gasteiger partial charge in [0.05, 0.1) is 0 Å². The molecule has 2 rings (SSSR count). The Hall–Kier alpha value is -2.11. The number of hydrogen-bond donors (Lipinski definition) is 0. The number of amides is 3. The summed E-state index contributed by atoms with van der Waals surface area (Å²) in [4.78, 5) is 29.4. The lowest BCUT2D eigenvalue weighted by Gasteiger charge is -2.34. The monoisotopic (exact) mass is 321 g/mol. The largest absolute Gasteiger partial charge is 0.341 e. The Bertz CT molecular complexity index is 569. The number of benzene rings is 1. The lowest BCUT2D eigenvalue weighted by Crippen LogP contribution is -2.46. The summed E-state index contributed by atoms with van der Waals surface area (Å²) in [6, 6.07) is 6.29. The molecule has 0 aromatic heterocycles. The van der Waals surface area contributed by atoms with E-state index in [1.54, 1.807) is 41.9 Å². The molecule has 0 N–H and O–H groups in total. The molecule has 126 valence electrons. The van der Waals surface area contributed by atoms with Gasteiger partial charge < -0.3 is 14.7 Å². The number of piperidine rings is 1. The first-order valence-corrected chi connectivity index (χ1v) is 7.84. The van der Waals surface area contributed by atoms with Crippen LogP contribution in [0, 0.1) is 11.7 Å². The number of halogens is 1. The molecule has 1 aliphatic heterocycles. The maximum atomic E-state index is 13.2. The standard InChI is InChI=1S/C17H24FN3O2/c1-19(2)17(23)21-9-7-14(8-10-21)16(22)20(3)12-13-5-4-6-15(18)11-13/h4-6,11,14H,7-10,12H2,1-3H3. The molecule has 1 fully saturated rings. The SMILES string of the molecule is CN(C)C(=O)N1CCC(C(=O)N(C)Cc2cccc(F)c2)CC1. The third-order valence-corrected chi connectivity index (χ3v) is 4.18. The third-order valence-electron chi connectivity index (χ3n) is 4.18. The van der Waals surface area contributed by atoms with E-state index < -0.39 is 0 Å². The van der Waals surface area contributed by atoms with Gasteiger partial charge in [-0.2, -0.15) is 0 Å². The number of urea groups is 1. The van der Waals surface area contributed by atoms with E-state index in [-0.39, 0.29) is 23.7 Å². The summed E-state index contributed by atoms with van der Waals surface area (Å²) in [5.41, 5.74) is 0.779. The summed E-state index contributed by atoms with van der Waals surface area (Å²) in [6.45, 7) is 1.59. The highest BCUT2D eigenvalue weighted by molar-refractivity contribution is 5.79. The normalized spacial score (nSPS) is 15.4. The lowest BCUT2D eigenvalue weighted by molar-refractivity contribution is -0.136. The number of likely N-dealkylation sites (tertiary alicyclic amines) is 1. The fourth-order valence-electron chi connectivity index (χ4n) is 2.90. The minimum atomic E-state index is -0.293. The smallest absolute Gasteiger partial charge is 0.319 e. The number of nitrogens with zero attached hydrogens (tertiary/aromatic N) is 3. The fourth-order valence-corrected chi connectivity index (χ4v) is 2.90. The number of carbonyl (C=O) groups is 2. The molecule has 1 saturated heterocycles. The third kappa shape index (κ3) is 4.43. The molecular formula is C17H24FN3O2. The highest BCUT2D eigenvalue weighted by Gasteiger charge is 2.29. The molecule has 0 spiro atoms. The molecular weight excluding hydrogens is 297 g/mol. The van der Waals surface area contributed by atoms with Gasteiger partial charge >= 0.3 is 6.03 Å². The van der Waals surface area contributed by atoms with Crippen molar-refractivity contribution in [3.8, 4) is 0 Å². The van der Waals surface area contributed by atoms with Crippen molar-refractivity contribution in [2.45, 2.75) is 19.4 Å². The van der Waals surface area contributed by atoms with Crippen molar-refractivity contribution >= 4 is 11.9 Å². The van der Waals surface area contributed by atoms with E-state index in [0.29, 0.717) is 32.5 Å². The summed E-state index contributed by atoms with van der Waals surface area (Å²) in [5.74, 6) is -0.301. The molecule has 1 aromatic rings. The zero-order valence-electron chi connectivity index (χ0n) is 14.0. The van der Waals surface area contributed by atoms with Crippen LogP contribution in [-0.2, 0) is 11.3 Å². The van der Waals surface area contributed by atoms with Crippen LogP contribution in [0.15, 0.2) is 24.3 Å². The molecule has 5 nitrogen and oxygen atoms in total. The minimum Gasteiger partial charge on any atom is -0.341 e. The molecule has 6 heteroatoms. The van der Waals surface area contributed by atoms with E-state index in [0.717, 1.165) is 5.56 Å². The van der Waals surface area contributed by atoms with Gasteiger partial charge in [-0.1, -0.05) is 12.1 Å². The predicted octanol–water partition coefficient (Wildman–Crippen LogP) is 2.18. The summed E-state index contributed by atoms with van der Waals surface area (Å²) in [5, 5.41) is 0. The second-order valence-corrected chi connectivity index (χ2v) is 6.26. The number of rotatable bonds is 3. The van der Waals surface area contributed by atoms with Crippen LogP contribution in [0.5, 0.6) is 0 Å². The van der Waals surface area contributed by atoms with Crippen LogP contribution in [-0.4, -0.2) is 60.9 Å². The number of carbonyl (C=O) groups excluding carboxylic acids is 2. The van der Waals surface area contributed by atoms with Crippen molar-refractivity contribution in [2.24, 2.45) is 5.92 Å². The Balaban J connectivity index is 1.88. The van der Waals surface area contributed by atoms with Gasteiger partial charge in [-0.25, -0.2) is 9.18 Å². The van der Waals surface area contributed by atoms with Crippen LogP contribution in [0.2, 0.25) is 0 Å². The maximum absolute atomic E-state index is 13.2. The Morgan fingerprint density at radius 2 is 1.87 bits per heavy atom. The van der Waals surface area contributed by atoms with Crippen molar-refractivity contribution < 1.29 is 14.0 Å². The highest BCUT2D eigenvalue weighted by Crippen LogP contribution is 2.21. The van der Waals surface area contributed by atoms with Gasteiger partial charge in [0.25, 0.3) is 0 Å². The van der Waals surface area contributed by atoms with Crippen molar-refractivity contribution in [1.29, 1.82) is 0 Å². The fraction of sp³-hybridized carbons (Fsp3) is 0.529. The van der Waals surface area contributed by atoms with Gasteiger partial charge in [0.1, 0.15) is 5.82 Å². The Morgan fingerprint density at radius 1 is 1.22 bits per heavy atom. The Kier molecular flexibility index (Phi) is 5.58. The average Bonchev–Trinajstić information content (AvgIpc) is 2.53. The quantitative estimate of drug-likeness (QED) is 0.856. The van der Waals surface area contributed by atoms with Gasteiger partial charge in [0.2, 0.25) is 5.91 Å². The van der Waals surface area contributed by atoms with Crippen molar-refractivity contribution in [3.63, 3.8) is 0 Å². The van der Waals surface area contributed by atoms with Gasteiger partial charge in [0, 0.05) is 46.7 Å². The second kappa shape index (κ2) is 7.44. The molecule has 0 radical (unpaired) electrons.